The Bertz CT molecular complexity index is 1300. The van der Waals surface area contributed by atoms with E-state index in [1.165, 1.54) is 11.1 Å². The zero-order valence-corrected chi connectivity index (χ0v) is 25.4. The number of ether oxygens (including phenoxy) is 1. The summed E-state index contributed by atoms with van der Waals surface area (Å²) in [5.41, 5.74) is 4.22. The lowest BCUT2D eigenvalue weighted by molar-refractivity contribution is -0.0258. The van der Waals surface area contributed by atoms with Gasteiger partial charge in [0.1, 0.15) is 5.60 Å². The lowest BCUT2D eigenvalue weighted by Crippen LogP contribution is -2.63. The van der Waals surface area contributed by atoms with Crippen LogP contribution in [0.3, 0.4) is 0 Å². The maximum absolute atomic E-state index is 12.9. The van der Waals surface area contributed by atoms with Crippen molar-refractivity contribution < 1.29 is 22.7 Å². The summed E-state index contributed by atoms with van der Waals surface area (Å²) < 4.78 is 33.7. The Morgan fingerprint density at radius 3 is 2.23 bits per heavy atom. The molecule has 1 aromatic carbocycles. The van der Waals surface area contributed by atoms with Gasteiger partial charge < -0.3 is 15.0 Å². The van der Waals surface area contributed by atoms with E-state index < -0.39 is 32.7 Å². The Morgan fingerprint density at radius 2 is 1.65 bits per heavy atom. The number of hydrogen-bond acceptors (Lipinski definition) is 6. The maximum atomic E-state index is 12.9. The lowest BCUT2D eigenvalue weighted by atomic mass is 9.84. The molecule has 2 aliphatic carbocycles. The maximum Gasteiger partial charge on any atom is 0.410 e. The van der Waals surface area contributed by atoms with Crippen molar-refractivity contribution >= 4 is 27.8 Å². The number of sulfonamides is 1. The van der Waals surface area contributed by atoms with Crippen LogP contribution in [0.1, 0.15) is 89.0 Å². The van der Waals surface area contributed by atoms with E-state index in [4.69, 9.17) is 4.74 Å². The number of carbonyl (C=O) groups is 2. The molecule has 9 nitrogen and oxygen atoms in total. The third-order valence-electron chi connectivity index (χ3n) is 9.06. The molecule has 1 aromatic rings. The fraction of sp³-hybridized carbons (Fsp3) is 0.667. The second-order valence-electron chi connectivity index (χ2n) is 13.4. The highest BCUT2D eigenvalue weighted by atomic mass is 32.2. The molecule has 5 rings (SSSR count). The van der Waals surface area contributed by atoms with Gasteiger partial charge in [-0.25, -0.2) is 22.7 Å². The molecule has 2 aliphatic heterocycles. The van der Waals surface area contributed by atoms with Crippen LogP contribution in [0.4, 0.5) is 15.3 Å². The van der Waals surface area contributed by atoms with Crippen LogP contribution >= 0.6 is 0 Å². The molecular weight excluding hydrogens is 528 g/mol. The first-order chi connectivity index (χ1) is 18.7. The highest BCUT2D eigenvalue weighted by Crippen LogP contribution is 2.40. The van der Waals surface area contributed by atoms with Gasteiger partial charge in [-0.15, -0.1) is 0 Å². The van der Waals surface area contributed by atoms with Crippen LogP contribution in [0.5, 0.6) is 0 Å². The van der Waals surface area contributed by atoms with Gasteiger partial charge in [-0.1, -0.05) is 12.1 Å². The largest absolute Gasteiger partial charge is 0.444 e. The number of rotatable bonds is 6. The number of likely N-dealkylation sites (tertiary alicyclic amines) is 2. The summed E-state index contributed by atoms with van der Waals surface area (Å²) in [6.45, 7) is 11.7. The van der Waals surface area contributed by atoms with Crippen molar-refractivity contribution in [2.45, 2.75) is 109 Å². The summed E-state index contributed by atoms with van der Waals surface area (Å²) in [6.07, 6.45) is 9.83. The van der Waals surface area contributed by atoms with Gasteiger partial charge in [-0.05, 0) is 115 Å². The minimum atomic E-state index is -4.00. The Hall–Kier alpha value is -2.59. The number of carbonyl (C=O) groups excluding carboxylic acids is 2. The van der Waals surface area contributed by atoms with E-state index in [0.717, 1.165) is 86.6 Å². The standard InChI is InChI=1S/C30H44N4O5S/c1-28(2,3)39-27(36)34-16-8-13-30(34,5)20-33-17-14-29(33,4)15-18-40(37,38)32-26(35)31-25-23-11-6-9-21(23)19-22-10-7-12-24(22)25/h15,18-19H,6-14,16-17,20H2,1-5H3,(H2,31,32,35)/b18-15+/t29-,30+/m1/s1. The molecule has 2 atom stereocenters. The zero-order chi connectivity index (χ0) is 28.9. The fourth-order valence-electron chi connectivity index (χ4n) is 6.80. The van der Waals surface area contributed by atoms with Gasteiger partial charge in [0, 0.05) is 36.3 Å². The number of anilines is 1. The fourth-order valence-corrected chi connectivity index (χ4v) is 7.65. The highest BCUT2D eigenvalue weighted by Gasteiger charge is 2.48. The predicted molar refractivity (Wildman–Crippen MR) is 156 cm³/mol. The molecule has 0 saturated carbocycles. The molecule has 0 spiro atoms. The van der Waals surface area contributed by atoms with Gasteiger partial charge in [0.15, 0.2) is 0 Å². The number of urea groups is 1. The van der Waals surface area contributed by atoms with Crippen LogP contribution < -0.4 is 10.0 Å². The third kappa shape index (κ3) is 5.88. The molecule has 2 saturated heterocycles. The van der Waals surface area contributed by atoms with Crippen molar-refractivity contribution in [1.29, 1.82) is 0 Å². The number of amides is 3. The monoisotopic (exact) mass is 572 g/mol. The molecule has 0 aromatic heterocycles. The summed E-state index contributed by atoms with van der Waals surface area (Å²) in [6, 6.07) is 1.55. The SMILES string of the molecule is CC(C)(C)OC(=O)N1CCC[C@@]1(C)CN1CC[C@]1(C)/C=C/S(=O)(=O)NC(=O)Nc1c2c(cc3c1CCC3)CCC2. The minimum absolute atomic E-state index is 0.308. The van der Waals surface area contributed by atoms with E-state index in [9.17, 15) is 18.0 Å². The second kappa shape index (κ2) is 10.4. The van der Waals surface area contributed by atoms with E-state index >= 15 is 0 Å². The van der Waals surface area contributed by atoms with Crippen molar-refractivity contribution in [3.05, 3.63) is 39.8 Å². The Kier molecular flexibility index (Phi) is 7.48. The average molecular weight is 573 g/mol. The Labute approximate surface area is 238 Å². The summed E-state index contributed by atoms with van der Waals surface area (Å²) in [5.74, 6) is 0. The first-order valence-electron chi connectivity index (χ1n) is 14.6. The van der Waals surface area contributed by atoms with Crippen molar-refractivity contribution in [2.24, 2.45) is 0 Å². The minimum Gasteiger partial charge on any atom is -0.444 e. The molecule has 0 radical (unpaired) electrons. The summed E-state index contributed by atoms with van der Waals surface area (Å²) in [4.78, 5) is 29.8. The van der Waals surface area contributed by atoms with Crippen molar-refractivity contribution in [3.63, 3.8) is 0 Å². The number of nitrogens with one attached hydrogen (secondary N) is 2. The Morgan fingerprint density at radius 1 is 1.00 bits per heavy atom. The van der Waals surface area contributed by atoms with Crippen LogP contribution in [0.25, 0.3) is 0 Å². The van der Waals surface area contributed by atoms with Gasteiger partial charge in [0.05, 0.1) is 5.54 Å². The molecule has 40 heavy (non-hydrogen) atoms. The normalized spacial score (nSPS) is 26.5. The van der Waals surface area contributed by atoms with E-state index in [1.807, 2.05) is 32.6 Å². The summed E-state index contributed by atoms with van der Waals surface area (Å²) in [7, 11) is -4.00. The first-order valence-corrected chi connectivity index (χ1v) is 16.2. The van der Waals surface area contributed by atoms with Crippen molar-refractivity contribution in [3.8, 4) is 0 Å². The molecule has 2 heterocycles. The van der Waals surface area contributed by atoms with Crippen LogP contribution in [0.15, 0.2) is 17.6 Å². The van der Waals surface area contributed by atoms with Gasteiger partial charge in [-0.2, -0.15) is 0 Å². The third-order valence-corrected chi connectivity index (χ3v) is 10.0. The smallest absolute Gasteiger partial charge is 0.410 e. The Balaban J connectivity index is 1.23. The van der Waals surface area contributed by atoms with Crippen LogP contribution in [-0.4, -0.2) is 66.7 Å². The van der Waals surface area contributed by atoms with Crippen molar-refractivity contribution in [2.75, 3.05) is 25.0 Å². The molecule has 10 heteroatoms. The van der Waals surface area contributed by atoms with E-state index in [2.05, 4.69) is 27.9 Å². The summed E-state index contributed by atoms with van der Waals surface area (Å²) in [5, 5.41) is 4.01. The molecule has 3 amide bonds. The molecule has 2 N–H and O–H groups in total. The average Bonchev–Trinajstić information content (AvgIpc) is 3.59. The number of hydrogen-bond donors (Lipinski definition) is 2. The van der Waals surface area contributed by atoms with Crippen molar-refractivity contribution in [1.82, 2.24) is 14.5 Å². The second-order valence-corrected chi connectivity index (χ2v) is 15.0. The molecule has 4 aliphatic rings. The highest BCUT2D eigenvalue weighted by molar-refractivity contribution is 7.92. The van der Waals surface area contributed by atoms with Gasteiger partial charge in [0.2, 0.25) is 0 Å². The predicted octanol–water partition coefficient (Wildman–Crippen LogP) is 4.88. The van der Waals surface area contributed by atoms with Crippen LogP contribution in [0.2, 0.25) is 0 Å². The topological polar surface area (TPSA) is 108 Å². The summed E-state index contributed by atoms with van der Waals surface area (Å²) >= 11 is 0. The molecule has 2 fully saturated rings. The van der Waals surface area contributed by atoms with E-state index in [1.54, 1.807) is 6.08 Å². The quantitative estimate of drug-likeness (QED) is 0.503. The van der Waals surface area contributed by atoms with Gasteiger partial charge in [0.25, 0.3) is 10.0 Å². The number of benzene rings is 1. The molecular formula is C30H44N4O5S. The molecule has 0 bridgehead atoms. The van der Waals surface area contributed by atoms with E-state index in [-0.39, 0.29) is 6.09 Å². The number of nitrogens with zero attached hydrogens (tertiary/aromatic N) is 2. The van der Waals surface area contributed by atoms with Gasteiger partial charge >= 0.3 is 12.1 Å². The van der Waals surface area contributed by atoms with Crippen LogP contribution in [0, 0.1) is 0 Å². The number of fused-ring (bicyclic) bond motifs is 2. The van der Waals surface area contributed by atoms with Crippen LogP contribution in [-0.2, 0) is 40.4 Å². The number of aryl methyl sites for hydroxylation is 2. The molecule has 0 unspecified atom stereocenters. The van der Waals surface area contributed by atoms with Gasteiger partial charge in [-0.3, -0.25) is 4.90 Å². The van der Waals surface area contributed by atoms with E-state index in [0.29, 0.717) is 13.1 Å². The lowest BCUT2D eigenvalue weighted by Gasteiger charge is -2.53. The zero-order valence-electron chi connectivity index (χ0n) is 24.6. The first kappa shape index (κ1) is 28.9. The molecule has 220 valence electrons.